The highest BCUT2D eigenvalue weighted by molar-refractivity contribution is 9.10. The van der Waals surface area contributed by atoms with Gasteiger partial charge in [-0.1, -0.05) is 38.4 Å². The van der Waals surface area contributed by atoms with E-state index in [0.29, 0.717) is 6.54 Å². The smallest absolute Gasteiger partial charge is 0.127 e. The molecule has 0 radical (unpaired) electrons. The van der Waals surface area contributed by atoms with Crippen LogP contribution < -0.4 is 5.32 Å². The van der Waals surface area contributed by atoms with Crippen molar-refractivity contribution in [1.29, 1.82) is 0 Å². The summed E-state index contributed by atoms with van der Waals surface area (Å²) in [5, 5.41) is 13.3. The highest BCUT2D eigenvalue weighted by atomic mass is 79.9. The maximum absolute atomic E-state index is 4.67. The van der Waals surface area contributed by atoms with Crippen molar-refractivity contribution in [2.45, 2.75) is 13.5 Å². The zero-order chi connectivity index (χ0) is 13.2. The maximum atomic E-state index is 4.67. The minimum atomic E-state index is 0.609. The highest BCUT2D eigenvalue weighted by Gasteiger charge is 2.04. The van der Waals surface area contributed by atoms with Gasteiger partial charge in [0, 0.05) is 10.2 Å². The Hall–Kier alpha value is -1.88. The highest BCUT2D eigenvalue weighted by Crippen LogP contribution is 2.23. The lowest BCUT2D eigenvalue weighted by Crippen LogP contribution is -2.01. The minimum Gasteiger partial charge on any atom is -0.379 e. The van der Waals surface area contributed by atoms with E-state index < -0.39 is 0 Å². The quantitative estimate of drug-likeness (QED) is 0.795. The zero-order valence-corrected chi connectivity index (χ0v) is 11.9. The Morgan fingerprint density at radius 1 is 1.11 bits per heavy atom. The molecule has 0 fully saturated rings. The summed E-state index contributed by atoms with van der Waals surface area (Å²) in [4.78, 5) is 0. The van der Waals surface area contributed by atoms with Crippen molar-refractivity contribution >= 4 is 32.4 Å². The first kappa shape index (κ1) is 12.2. The minimum absolute atomic E-state index is 0.609. The first-order chi connectivity index (χ1) is 9.22. The van der Waals surface area contributed by atoms with Crippen LogP contribution in [0.1, 0.15) is 11.4 Å². The van der Waals surface area contributed by atoms with Gasteiger partial charge in [0.25, 0.3) is 0 Å². The monoisotopic (exact) mass is 317 g/mol. The summed E-state index contributed by atoms with van der Waals surface area (Å²) in [6.45, 7) is 2.49. The predicted octanol–water partition coefficient (Wildman–Crippen LogP) is 3.91. The lowest BCUT2D eigenvalue weighted by atomic mass is 10.1. The third kappa shape index (κ3) is 2.61. The first-order valence-corrected chi connectivity index (χ1v) is 6.73. The molecule has 0 unspecified atom stereocenters. The molecule has 0 saturated heterocycles. The summed E-state index contributed by atoms with van der Waals surface area (Å²) in [5.41, 5.74) is 2.70. The third-order valence-corrected chi connectivity index (χ3v) is 3.50. The number of benzene rings is 2. The van der Waals surface area contributed by atoms with Gasteiger partial charge in [-0.25, -0.2) is 4.63 Å². The van der Waals surface area contributed by atoms with E-state index in [4.69, 9.17) is 0 Å². The van der Waals surface area contributed by atoms with Gasteiger partial charge in [-0.05, 0) is 42.0 Å². The van der Waals surface area contributed by atoms with Crippen molar-refractivity contribution in [3.8, 4) is 0 Å². The molecule has 19 heavy (non-hydrogen) atoms. The van der Waals surface area contributed by atoms with Gasteiger partial charge in [0.2, 0.25) is 0 Å². The van der Waals surface area contributed by atoms with Crippen molar-refractivity contribution in [3.63, 3.8) is 0 Å². The summed E-state index contributed by atoms with van der Waals surface area (Å²) in [6.07, 6.45) is 0. The molecule has 1 heterocycles. The second-order valence-electron chi connectivity index (χ2n) is 4.36. The molecule has 5 heteroatoms. The molecule has 2 aromatic carbocycles. The Morgan fingerprint density at radius 2 is 1.89 bits per heavy atom. The Bertz CT molecular complexity index is 724. The van der Waals surface area contributed by atoms with Crippen LogP contribution in [-0.4, -0.2) is 10.3 Å². The molecule has 4 nitrogen and oxygen atoms in total. The van der Waals surface area contributed by atoms with Crippen molar-refractivity contribution in [2.24, 2.45) is 0 Å². The third-order valence-electron chi connectivity index (χ3n) is 3.01. The van der Waals surface area contributed by atoms with Crippen LogP contribution in [-0.2, 0) is 6.54 Å². The standard InChI is InChI=1S/C14H12BrN3O/c1-9-14(18-19-17-9)8-16-13-5-3-10-6-12(15)4-2-11(10)7-13/h2-7,16H,8H2,1H3. The number of hydrogen-bond acceptors (Lipinski definition) is 4. The molecular weight excluding hydrogens is 306 g/mol. The second kappa shape index (κ2) is 5.01. The Balaban J connectivity index is 1.82. The number of hydrogen-bond donors (Lipinski definition) is 1. The van der Waals surface area contributed by atoms with Crippen molar-refractivity contribution in [1.82, 2.24) is 10.3 Å². The molecule has 96 valence electrons. The van der Waals surface area contributed by atoms with E-state index in [-0.39, 0.29) is 0 Å². The van der Waals surface area contributed by atoms with Crippen molar-refractivity contribution in [2.75, 3.05) is 5.32 Å². The number of nitrogens with one attached hydrogen (secondary N) is 1. The van der Waals surface area contributed by atoms with Gasteiger partial charge >= 0.3 is 0 Å². The van der Waals surface area contributed by atoms with E-state index in [2.05, 4.69) is 66.5 Å². The van der Waals surface area contributed by atoms with Crippen LogP contribution in [0.5, 0.6) is 0 Å². The van der Waals surface area contributed by atoms with Gasteiger partial charge in [0.05, 0.1) is 6.54 Å². The lowest BCUT2D eigenvalue weighted by Gasteiger charge is -2.06. The summed E-state index contributed by atoms with van der Waals surface area (Å²) in [6, 6.07) is 12.5. The summed E-state index contributed by atoms with van der Waals surface area (Å²) in [7, 11) is 0. The molecule has 3 rings (SSSR count). The molecule has 0 bridgehead atoms. The Kier molecular flexibility index (Phi) is 3.21. The molecule has 1 N–H and O–H groups in total. The van der Waals surface area contributed by atoms with Crippen LogP contribution in [0, 0.1) is 6.92 Å². The molecule has 0 aliphatic rings. The van der Waals surface area contributed by atoms with Crippen LogP contribution in [0.3, 0.4) is 0 Å². The van der Waals surface area contributed by atoms with Crippen LogP contribution in [0.2, 0.25) is 0 Å². The van der Waals surface area contributed by atoms with Crippen LogP contribution in [0.15, 0.2) is 45.5 Å². The number of nitrogens with zero attached hydrogens (tertiary/aromatic N) is 2. The zero-order valence-electron chi connectivity index (χ0n) is 10.4. The summed E-state index contributed by atoms with van der Waals surface area (Å²) < 4.78 is 5.76. The largest absolute Gasteiger partial charge is 0.379 e. The van der Waals surface area contributed by atoms with Gasteiger partial charge in [-0.2, -0.15) is 0 Å². The number of aromatic nitrogens is 2. The van der Waals surface area contributed by atoms with E-state index in [1.807, 2.05) is 13.0 Å². The van der Waals surface area contributed by atoms with Crippen molar-refractivity contribution < 1.29 is 4.63 Å². The van der Waals surface area contributed by atoms with E-state index >= 15 is 0 Å². The molecule has 0 saturated carbocycles. The fraction of sp³-hybridized carbons (Fsp3) is 0.143. The number of aryl methyl sites for hydroxylation is 1. The first-order valence-electron chi connectivity index (χ1n) is 5.93. The van der Waals surface area contributed by atoms with Gasteiger partial charge in [-0.3, -0.25) is 0 Å². The number of rotatable bonds is 3. The molecule has 0 amide bonds. The average molecular weight is 318 g/mol. The molecule has 0 spiro atoms. The number of halogens is 1. The van der Waals surface area contributed by atoms with Gasteiger partial charge in [-0.15, -0.1) is 0 Å². The average Bonchev–Trinajstić information content (AvgIpc) is 2.82. The Labute approximate surface area is 118 Å². The lowest BCUT2D eigenvalue weighted by molar-refractivity contribution is 0.301. The van der Waals surface area contributed by atoms with E-state index in [1.54, 1.807) is 0 Å². The molecule has 1 aromatic heterocycles. The molecular formula is C14H12BrN3O. The SMILES string of the molecule is Cc1nonc1CNc1ccc2cc(Br)ccc2c1. The fourth-order valence-corrected chi connectivity index (χ4v) is 2.30. The number of anilines is 1. The van der Waals surface area contributed by atoms with E-state index in [1.165, 1.54) is 10.8 Å². The molecule has 0 aliphatic heterocycles. The number of fused-ring (bicyclic) bond motifs is 1. The van der Waals surface area contributed by atoms with E-state index in [0.717, 1.165) is 21.5 Å². The molecule has 3 aromatic rings. The maximum Gasteiger partial charge on any atom is 0.127 e. The van der Waals surface area contributed by atoms with E-state index in [9.17, 15) is 0 Å². The molecule has 0 aliphatic carbocycles. The van der Waals surface area contributed by atoms with Crippen LogP contribution >= 0.6 is 15.9 Å². The normalized spacial score (nSPS) is 10.8. The second-order valence-corrected chi connectivity index (χ2v) is 5.27. The Morgan fingerprint density at radius 3 is 2.68 bits per heavy atom. The summed E-state index contributed by atoms with van der Waals surface area (Å²) in [5.74, 6) is 0. The van der Waals surface area contributed by atoms with Crippen LogP contribution in [0.25, 0.3) is 10.8 Å². The van der Waals surface area contributed by atoms with Gasteiger partial charge in [0.1, 0.15) is 11.4 Å². The predicted molar refractivity (Wildman–Crippen MR) is 78.0 cm³/mol. The molecule has 0 atom stereocenters. The van der Waals surface area contributed by atoms with Gasteiger partial charge < -0.3 is 5.32 Å². The fourth-order valence-electron chi connectivity index (χ4n) is 1.92. The van der Waals surface area contributed by atoms with Gasteiger partial charge in [0.15, 0.2) is 0 Å². The van der Waals surface area contributed by atoms with Crippen LogP contribution in [0.4, 0.5) is 5.69 Å². The summed E-state index contributed by atoms with van der Waals surface area (Å²) >= 11 is 3.47. The van der Waals surface area contributed by atoms with Crippen molar-refractivity contribution in [3.05, 3.63) is 52.3 Å². The topological polar surface area (TPSA) is 51.0 Å².